The molecule has 1 N–H and O–H groups in total. The Hall–Kier alpha value is -2.63. The first-order valence-corrected chi connectivity index (χ1v) is 10.8. The fourth-order valence-corrected chi connectivity index (χ4v) is 4.30. The molecular formula is C23H31N5O. The zero-order valence-corrected chi connectivity index (χ0v) is 17.5. The van der Waals surface area contributed by atoms with Crippen molar-refractivity contribution >= 4 is 23.4 Å². The van der Waals surface area contributed by atoms with Gasteiger partial charge in [-0.3, -0.25) is 4.79 Å². The van der Waals surface area contributed by atoms with Crippen molar-refractivity contribution in [2.75, 3.05) is 36.4 Å². The lowest BCUT2D eigenvalue weighted by atomic mass is 9.88. The highest BCUT2D eigenvalue weighted by molar-refractivity contribution is 5.79. The predicted molar refractivity (Wildman–Crippen MR) is 117 cm³/mol. The van der Waals surface area contributed by atoms with Crippen molar-refractivity contribution in [2.24, 2.45) is 5.92 Å². The summed E-state index contributed by atoms with van der Waals surface area (Å²) in [5, 5.41) is 3.31. The molecule has 2 aliphatic rings. The highest BCUT2D eigenvalue weighted by Crippen LogP contribution is 2.26. The minimum Gasteiger partial charge on any atom is -0.353 e. The molecule has 2 aromatic rings. The number of hydrogen-bond acceptors (Lipinski definition) is 5. The smallest absolute Gasteiger partial charge is 0.229 e. The zero-order valence-electron chi connectivity index (χ0n) is 17.5. The van der Waals surface area contributed by atoms with Gasteiger partial charge in [0.2, 0.25) is 11.9 Å². The van der Waals surface area contributed by atoms with Crippen molar-refractivity contribution in [1.82, 2.24) is 14.9 Å². The summed E-state index contributed by atoms with van der Waals surface area (Å²) >= 11 is 0. The zero-order chi connectivity index (χ0) is 20.2. The van der Waals surface area contributed by atoms with Gasteiger partial charge in [-0.1, -0.05) is 37.0 Å². The van der Waals surface area contributed by atoms with Gasteiger partial charge in [-0.2, -0.15) is 4.98 Å². The third-order valence-electron chi connectivity index (χ3n) is 6.02. The number of carbonyl (C=O) groups excluding carboxylic acids is 1. The molecule has 4 rings (SSSR count). The van der Waals surface area contributed by atoms with Crippen LogP contribution in [0.4, 0.5) is 17.5 Å². The number of hydrogen-bond donors (Lipinski definition) is 1. The van der Waals surface area contributed by atoms with Gasteiger partial charge < -0.3 is 15.1 Å². The molecule has 1 amide bonds. The van der Waals surface area contributed by atoms with Gasteiger partial charge in [0.1, 0.15) is 5.82 Å². The number of nitrogens with one attached hydrogen (secondary N) is 1. The van der Waals surface area contributed by atoms with Gasteiger partial charge in [0.25, 0.3) is 0 Å². The second kappa shape index (κ2) is 8.80. The van der Waals surface area contributed by atoms with E-state index in [9.17, 15) is 4.79 Å². The van der Waals surface area contributed by atoms with E-state index in [-0.39, 0.29) is 5.92 Å². The van der Waals surface area contributed by atoms with Gasteiger partial charge in [0.15, 0.2) is 0 Å². The fraction of sp³-hybridized carbons (Fsp3) is 0.522. The number of nitrogens with zero attached hydrogens (tertiary/aromatic N) is 4. The second-order valence-electron chi connectivity index (χ2n) is 8.33. The number of anilines is 3. The summed E-state index contributed by atoms with van der Waals surface area (Å²) in [6, 6.07) is 10.2. The number of benzene rings is 1. The molecule has 0 unspecified atom stereocenters. The van der Waals surface area contributed by atoms with Crippen molar-refractivity contribution < 1.29 is 4.79 Å². The minimum absolute atomic E-state index is 0.252. The van der Waals surface area contributed by atoms with Gasteiger partial charge in [-0.05, 0) is 38.8 Å². The highest BCUT2D eigenvalue weighted by Gasteiger charge is 2.28. The summed E-state index contributed by atoms with van der Waals surface area (Å²) in [7, 11) is 0. The lowest BCUT2D eigenvalue weighted by molar-refractivity contribution is -0.136. The predicted octanol–water partition coefficient (Wildman–Crippen LogP) is 4.07. The van der Waals surface area contributed by atoms with E-state index in [4.69, 9.17) is 4.98 Å². The second-order valence-corrected chi connectivity index (χ2v) is 8.33. The van der Waals surface area contributed by atoms with Crippen LogP contribution < -0.4 is 10.2 Å². The van der Waals surface area contributed by atoms with Crippen LogP contribution in [0.3, 0.4) is 0 Å². The first-order chi connectivity index (χ1) is 14.1. The van der Waals surface area contributed by atoms with E-state index in [1.165, 1.54) is 24.8 Å². The first kappa shape index (κ1) is 19.7. The number of piperazine rings is 1. The standard InChI is InChI=1S/C23H31N5O/c1-17-8-10-20(11-9-17)25-23-24-18(2)16-21(26-23)27-12-14-28(15-13-27)22(29)19-6-4-3-5-7-19/h8-11,16,19H,3-7,12-15H2,1-2H3,(H,24,25,26). The van der Waals surface area contributed by atoms with Gasteiger partial charge in [0, 0.05) is 49.5 Å². The quantitative estimate of drug-likeness (QED) is 0.849. The van der Waals surface area contributed by atoms with E-state index in [0.29, 0.717) is 11.9 Å². The van der Waals surface area contributed by atoms with E-state index in [0.717, 1.165) is 56.2 Å². The Morgan fingerprint density at radius 2 is 1.66 bits per heavy atom. The molecule has 6 heteroatoms. The number of carbonyl (C=O) groups is 1. The maximum Gasteiger partial charge on any atom is 0.229 e. The molecule has 0 bridgehead atoms. The summed E-state index contributed by atoms with van der Waals surface area (Å²) < 4.78 is 0. The van der Waals surface area contributed by atoms with Crippen LogP contribution in [0.1, 0.15) is 43.4 Å². The molecule has 1 aromatic carbocycles. The topological polar surface area (TPSA) is 61.4 Å². The molecule has 6 nitrogen and oxygen atoms in total. The number of amides is 1. The Bertz CT molecular complexity index is 837. The molecule has 1 saturated heterocycles. The third-order valence-corrected chi connectivity index (χ3v) is 6.02. The molecule has 1 aliphatic heterocycles. The van der Waals surface area contributed by atoms with Crippen molar-refractivity contribution in [3.8, 4) is 0 Å². The Balaban J connectivity index is 1.39. The maximum absolute atomic E-state index is 12.8. The minimum atomic E-state index is 0.252. The number of aryl methyl sites for hydroxylation is 2. The summed E-state index contributed by atoms with van der Waals surface area (Å²) in [5.74, 6) is 2.16. The summed E-state index contributed by atoms with van der Waals surface area (Å²) in [6.45, 7) is 7.26. The molecule has 1 aromatic heterocycles. The van der Waals surface area contributed by atoms with E-state index < -0.39 is 0 Å². The number of rotatable bonds is 4. The SMILES string of the molecule is Cc1ccc(Nc2nc(C)cc(N3CCN(C(=O)C4CCCCC4)CC3)n2)cc1. The third kappa shape index (κ3) is 4.86. The summed E-state index contributed by atoms with van der Waals surface area (Å²) in [4.78, 5) is 26.4. The van der Waals surface area contributed by atoms with Crippen molar-refractivity contribution in [1.29, 1.82) is 0 Å². The molecule has 154 valence electrons. The average Bonchev–Trinajstić information content (AvgIpc) is 2.75. The lowest BCUT2D eigenvalue weighted by Crippen LogP contribution is -2.50. The van der Waals surface area contributed by atoms with Gasteiger partial charge in [-0.15, -0.1) is 0 Å². The molecule has 0 radical (unpaired) electrons. The largest absolute Gasteiger partial charge is 0.353 e. The van der Waals surface area contributed by atoms with E-state index in [1.807, 2.05) is 25.1 Å². The Kier molecular flexibility index (Phi) is 5.97. The van der Waals surface area contributed by atoms with Gasteiger partial charge in [0.05, 0.1) is 0 Å². The van der Waals surface area contributed by atoms with E-state index in [2.05, 4.69) is 39.2 Å². The molecular weight excluding hydrogens is 362 g/mol. The molecule has 2 fully saturated rings. The van der Waals surface area contributed by atoms with Crippen LogP contribution in [-0.4, -0.2) is 47.0 Å². The van der Waals surface area contributed by atoms with Gasteiger partial charge in [-0.25, -0.2) is 4.98 Å². The molecule has 0 atom stereocenters. The van der Waals surface area contributed by atoms with Crippen molar-refractivity contribution in [3.63, 3.8) is 0 Å². The van der Waals surface area contributed by atoms with Crippen molar-refractivity contribution in [2.45, 2.75) is 46.0 Å². The molecule has 0 spiro atoms. The highest BCUT2D eigenvalue weighted by atomic mass is 16.2. The van der Waals surface area contributed by atoms with Crippen LogP contribution in [0.25, 0.3) is 0 Å². The molecule has 1 aliphatic carbocycles. The Labute approximate surface area is 173 Å². The Morgan fingerprint density at radius 3 is 2.34 bits per heavy atom. The average molecular weight is 394 g/mol. The van der Waals surface area contributed by atoms with Crippen LogP contribution in [0.15, 0.2) is 30.3 Å². The van der Waals surface area contributed by atoms with E-state index >= 15 is 0 Å². The molecule has 2 heterocycles. The van der Waals surface area contributed by atoms with Crippen LogP contribution in [0, 0.1) is 19.8 Å². The normalized spacial score (nSPS) is 18.0. The number of aromatic nitrogens is 2. The first-order valence-electron chi connectivity index (χ1n) is 10.8. The van der Waals surface area contributed by atoms with Crippen LogP contribution >= 0.6 is 0 Å². The lowest BCUT2D eigenvalue weighted by Gasteiger charge is -2.37. The molecule has 29 heavy (non-hydrogen) atoms. The fourth-order valence-electron chi connectivity index (χ4n) is 4.30. The summed E-state index contributed by atoms with van der Waals surface area (Å²) in [5.41, 5.74) is 3.14. The maximum atomic E-state index is 12.8. The molecule has 1 saturated carbocycles. The van der Waals surface area contributed by atoms with Crippen LogP contribution in [0.5, 0.6) is 0 Å². The van der Waals surface area contributed by atoms with E-state index in [1.54, 1.807) is 0 Å². The van der Waals surface area contributed by atoms with Crippen molar-refractivity contribution in [3.05, 3.63) is 41.6 Å². The monoisotopic (exact) mass is 393 g/mol. The van der Waals surface area contributed by atoms with Crippen LogP contribution in [-0.2, 0) is 4.79 Å². The van der Waals surface area contributed by atoms with Crippen LogP contribution in [0.2, 0.25) is 0 Å². The van der Waals surface area contributed by atoms with Gasteiger partial charge >= 0.3 is 0 Å². The Morgan fingerprint density at radius 1 is 0.966 bits per heavy atom. The summed E-state index contributed by atoms with van der Waals surface area (Å²) in [6.07, 6.45) is 5.82.